The lowest BCUT2D eigenvalue weighted by molar-refractivity contribution is -0.0233. The van der Waals surface area contributed by atoms with Crippen LogP contribution >= 0.6 is 0 Å². The average Bonchev–Trinajstić information content (AvgIpc) is 3.30. The van der Waals surface area contributed by atoms with Gasteiger partial charge in [0.1, 0.15) is 30.1 Å². The molecule has 1 aliphatic rings. The van der Waals surface area contributed by atoms with Crippen molar-refractivity contribution in [3.8, 4) is 5.69 Å². The van der Waals surface area contributed by atoms with Crippen LogP contribution in [-0.4, -0.2) is 64.8 Å². The SMILES string of the molecule is O=c1[nH]c(=O)n(Cc2cn(-c3ccccc3)nn2)cc1[C@@H]1O[C@H](CO)C(O)[C@@H]1O. The molecule has 11 nitrogen and oxygen atoms in total. The van der Waals surface area contributed by atoms with Crippen molar-refractivity contribution in [1.29, 1.82) is 0 Å². The molecule has 4 N–H and O–H groups in total. The largest absolute Gasteiger partial charge is 0.394 e. The molecule has 152 valence electrons. The first-order valence-electron chi connectivity index (χ1n) is 8.90. The minimum absolute atomic E-state index is 0.0181. The Bertz CT molecular complexity index is 1110. The van der Waals surface area contributed by atoms with Gasteiger partial charge in [0.05, 0.1) is 30.6 Å². The van der Waals surface area contributed by atoms with E-state index in [1.165, 1.54) is 10.8 Å². The number of rotatable bonds is 5. The standard InChI is InChI=1S/C18H19N5O6/c24-9-13-14(25)15(26)16(29-13)12-8-22(18(28)19-17(12)27)6-10-7-23(21-20-10)11-4-2-1-3-5-11/h1-5,7-8,13-16,24-26H,6,9H2,(H,19,27,28)/t13-,14?,15+,16+/m1/s1. The normalized spacial score (nSPS) is 24.1. The van der Waals surface area contributed by atoms with Gasteiger partial charge in [0.15, 0.2) is 0 Å². The fourth-order valence-corrected chi connectivity index (χ4v) is 3.26. The second-order valence-electron chi connectivity index (χ2n) is 6.72. The molecule has 0 radical (unpaired) electrons. The number of aromatic amines is 1. The third-order valence-corrected chi connectivity index (χ3v) is 4.78. The molecule has 1 fully saturated rings. The summed E-state index contributed by atoms with van der Waals surface area (Å²) < 4.78 is 8.15. The highest BCUT2D eigenvalue weighted by atomic mass is 16.6. The molecule has 0 aliphatic carbocycles. The van der Waals surface area contributed by atoms with Crippen molar-refractivity contribution < 1.29 is 20.1 Å². The van der Waals surface area contributed by atoms with Gasteiger partial charge in [0, 0.05) is 6.20 Å². The monoisotopic (exact) mass is 401 g/mol. The van der Waals surface area contributed by atoms with Gasteiger partial charge in [0.25, 0.3) is 5.56 Å². The lowest BCUT2D eigenvalue weighted by atomic mass is 10.0. The van der Waals surface area contributed by atoms with E-state index in [1.54, 1.807) is 10.9 Å². The van der Waals surface area contributed by atoms with Crippen LogP contribution in [0.2, 0.25) is 0 Å². The molecule has 0 saturated carbocycles. The number of para-hydroxylation sites is 1. The lowest BCUT2D eigenvalue weighted by Gasteiger charge is -2.15. The smallest absolute Gasteiger partial charge is 0.328 e. The van der Waals surface area contributed by atoms with Crippen molar-refractivity contribution in [3.63, 3.8) is 0 Å². The predicted octanol–water partition coefficient (Wildman–Crippen LogP) is -1.68. The van der Waals surface area contributed by atoms with E-state index in [0.29, 0.717) is 5.69 Å². The van der Waals surface area contributed by atoms with Gasteiger partial charge in [-0.3, -0.25) is 14.3 Å². The second kappa shape index (κ2) is 7.72. The van der Waals surface area contributed by atoms with Gasteiger partial charge in [-0.2, -0.15) is 0 Å². The Hall–Kier alpha value is -3.12. The molecule has 2 aromatic heterocycles. The number of aliphatic hydroxyl groups excluding tert-OH is 3. The molecule has 4 atom stereocenters. The van der Waals surface area contributed by atoms with Crippen molar-refractivity contribution in [3.05, 3.63) is 74.8 Å². The van der Waals surface area contributed by atoms with Gasteiger partial charge in [-0.25, -0.2) is 9.48 Å². The molecule has 0 spiro atoms. The van der Waals surface area contributed by atoms with Crippen molar-refractivity contribution in [1.82, 2.24) is 24.5 Å². The summed E-state index contributed by atoms with van der Waals surface area (Å²) in [6.07, 6.45) is -2.07. The van der Waals surface area contributed by atoms with Crippen LogP contribution in [-0.2, 0) is 11.3 Å². The van der Waals surface area contributed by atoms with E-state index in [1.807, 2.05) is 30.3 Å². The Kier molecular flexibility index (Phi) is 5.11. The highest BCUT2D eigenvalue weighted by molar-refractivity contribution is 5.30. The van der Waals surface area contributed by atoms with Gasteiger partial charge in [0.2, 0.25) is 0 Å². The number of H-pyrrole nitrogens is 1. The Morgan fingerprint density at radius 1 is 1.10 bits per heavy atom. The fourth-order valence-electron chi connectivity index (χ4n) is 3.26. The second-order valence-corrected chi connectivity index (χ2v) is 6.72. The van der Waals surface area contributed by atoms with Crippen molar-refractivity contribution in [2.45, 2.75) is 31.0 Å². The van der Waals surface area contributed by atoms with Crippen LogP contribution in [0.15, 0.2) is 52.3 Å². The third-order valence-electron chi connectivity index (χ3n) is 4.78. The molecule has 29 heavy (non-hydrogen) atoms. The van der Waals surface area contributed by atoms with E-state index in [0.717, 1.165) is 5.69 Å². The molecule has 1 unspecified atom stereocenters. The van der Waals surface area contributed by atoms with Crippen LogP contribution in [0.5, 0.6) is 0 Å². The zero-order valence-electron chi connectivity index (χ0n) is 15.1. The first-order chi connectivity index (χ1) is 14.0. The summed E-state index contributed by atoms with van der Waals surface area (Å²) in [5, 5.41) is 37.4. The van der Waals surface area contributed by atoms with Crippen LogP contribution in [0.1, 0.15) is 17.4 Å². The summed E-state index contributed by atoms with van der Waals surface area (Å²) in [4.78, 5) is 26.6. The topological polar surface area (TPSA) is 155 Å². The fraction of sp³-hybridized carbons (Fsp3) is 0.333. The molecular weight excluding hydrogens is 382 g/mol. The molecule has 0 amide bonds. The van der Waals surface area contributed by atoms with Crippen LogP contribution in [0.4, 0.5) is 0 Å². The van der Waals surface area contributed by atoms with Crippen LogP contribution in [0.3, 0.4) is 0 Å². The Morgan fingerprint density at radius 2 is 1.86 bits per heavy atom. The van der Waals surface area contributed by atoms with E-state index in [4.69, 9.17) is 4.74 Å². The van der Waals surface area contributed by atoms with E-state index in [9.17, 15) is 24.9 Å². The zero-order valence-corrected chi connectivity index (χ0v) is 15.1. The maximum absolute atomic E-state index is 12.2. The summed E-state index contributed by atoms with van der Waals surface area (Å²) in [7, 11) is 0. The van der Waals surface area contributed by atoms with Crippen molar-refractivity contribution in [2.75, 3.05) is 6.61 Å². The van der Waals surface area contributed by atoms with Gasteiger partial charge in [-0.1, -0.05) is 23.4 Å². The zero-order chi connectivity index (χ0) is 20.5. The number of hydrogen-bond donors (Lipinski definition) is 4. The molecule has 3 aromatic rings. The molecule has 1 aromatic carbocycles. The average molecular weight is 401 g/mol. The summed E-state index contributed by atoms with van der Waals surface area (Å²) in [6, 6.07) is 9.29. The number of ether oxygens (including phenoxy) is 1. The molecular formula is C18H19N5O6. The highest BCUT2D eigenvalue weighted by Crippen LogP contribution is 2.31. The molecule has 11 heteroatoms. The van der Waals surface area contributed by atoms with E-state index in [-0.39, 0.29) is 12.1 Å². The Morgan fingerprint density at radius 3 is 2.55 bits per heavy atom. The quantitative estimate of drug-likeness (QED) is 0.395. The third kappa shape index (κ3) is 3.63. The molecule has 1 saturated heterocycles. The minimum atomic E-state index is -1.42. The first kappa shape index (κ1) is 19.2. The van der Waals surface area contributed by atoms with Crippen molar-refractivity contribution in [2.24, 2.45) is 0 Å². The van der Waals surface area contributed by atoms with Gasteiger partial charge >= 0.3 is 5.69 Å². The lowest BCUT2D eigenvalue weighted by Crippen LogP contribution is -2.36. The van der Waals surface area contributed by atoms with Crippen LogP contribution in [0, 0.1) is 0 Å². The van der Waals surface area contributed by atoms with Gasteiger partial charge in [-0.15, -0.1) is 5.10 Å². The minimum Gasteiger partial charge on any atom is -0.394 e. The molecule has 0 bridgehead atoms. The number of benzene rings is 1. The number of aromatic nitrogens is 5. The van der Waals surface area contributed by atoms with E-state index < -0.39 is 42.3 Å². The van der Waals surface area contributed by atoms with Gasteiger partial charge in [-0.05, 0) is 12.1 Å². The van der Waals surface area contributed by atoms with Crippen LogP contribution < -0.4 is 11.2 Å². The molecule has 1 aliphatic heterocycles. The maximum atomic E-state index is 12.2. The summed E-state index contributed by atoms with van der Waals surface area (Å²) >= 11 is 0. The number of aliphatic hydroxyl groups is 3. The van der Waals surface area contributed by atoms with Crippen molar-refractivity contribution >= 4 is 0 Å². The Balaban J connectivity index is 1.63. The highest BCUT2D eigenvalue weighted by Gasteiger charge is 2.44. The predicted molar refractivity (Wildman–Crippen MR) is 98.5 cm³/mol. The summed E-state index contributed by atoms with van der Waals surface area (Å²) in [6.45, 7) is -0.501. The van der Waals surface area contributed by atoms with Gasteiger partial charge < -0.3 is 20.1 Å². The number of hydrogen-bond acceptors (Lipinski definition) is 8. The first-order valence-corrected chi connectivity index (χ1v) is 8.90. The Labute approximate surface area is 163 Å². The van der Waals surface area contributed by atoms with E-state index >= 15 is 0 Å². The summed E-state index contributed by atoms with van der Waals surface area (Å²) in [5.41, 5.74) is -0.182. The number of nitrogens with one attached hydrogen (secondary N) is 1. The molecule has 3 heterocycles. The van der Waals surface area contributed by atoms with Crippen LogP contribution in [0.25, 0.3) is 5.69 Å². The van der Waals surface area contributed by atoms with E-state index in [2.05, 4.69) is 15.3 Å². The molecule has 4 rings (SSSR count). The maximum Gasteiger partial charge on any atom is 0.328 e. The number of nitrogens with zero attached hydrogens (tertiary/aromatic N) is 4. The summed E-state index contributed by atoms with van der Waals surface area (Å²) in [5.74, 6) is 0.